The number of hydrogen-bond donors (Lipinski definition) is 1. The standard InChI is InChI=1S/C14H14BrN3O/c1-3-6-10-7-4-5-8-11(10)19-14-12(15)13(16-2)17-9-18-14/h3-9H,1-2H3,(H,16,17,18)/b6-3+. The molecule has 0 atom stereocenters. The van der Waals surface area contributed by atoms with Crippen molar-refractivity contribution in [3.8, 4) is 11.6 Å². The van der Waals surface area contributed by atoms with Gasteiger partial charge in [-0.05, 0) is 28.9 Å². The zero-order chi connectivity index (χ0) is 13.7. The zero-order valence-corrected chi connectivity index (χ0v) is 12.3. The molecule has 0 saturated carbocycles. The van der Waals surface area contributed by atoms with Crippen molar-refractivity contribution in [1.29, 1.82) is 0 Å². The van der Waals surface area contributed by atoms with Crippen molar-refractivity contribution >= 4 is 27.8 Å². The van der Waals surface area contributed by atoms with Gasteiger partial charge in [-0.1, -0.05) is 30.4 Å². The van der Waals surface area contributed by atoms with Crippen molar-refractivity contribution in [2.45, 2.75) is 6.92 Å². The summed E-state index contributed by atoms with van der Waals surface area (Å²) in [5.74, 6) is 1.92. The van der Waals surface area contributed by atoms with Crippen LogP contribution in [0.25, 0.3) is 6.08 Å². The molecule has 0 fully saturated rings. The summed E-state index contributed by atoms with van der Waals surface area (Å²) in [7, 11) is 1.80. The molecule has 1 aromatic carbocycles. The highest BCUT2D eigenvalue weighted by molar-refractivity contribution is 9.10. The number of aromatic nitrogens is 2. The van der Waals surface area contributed by atoms with Crippen LogP contribution in [0.4, 0.5) is 5.82 Å². The van der Waals surface area contributed by atoms with E-state index in [1.165, 1.54) is 6.33 Å². The Labute approximate surface area is 120 Å². The molecule has 1 heterocycles. The van der Waals surface area contributed by atoms with Crippen molar-refractivity contribution in [3.63, 3.8) is 0 Å². The van der Waals surface area contributed by atoms with Gasteiger partial charge in [-0.2, -0.15) is 0 Å². The van der Waals surface area contributed by atoms with Crippen LogP contribution in [0.1, 0.15) is 12.5 Å². The zero-order valence-electron chi connectivity index (χ0n) is 10.7. The number of rotatable bonds is 4. The molecule has 19 heavy (non-hydrogen) atoms. The van der Waals surface area contributed by atoms with E-state index >= 15 is 0 Å². The van der Waals surface area contributed by atoms with Gasteiger partial charge in [0.2, 0.25) is 5.88 Å². The summed E-state index contributed by atoms with van der Waals surface area (Å²) >= 11 is 3.43. The molecule has 98 valence electrons. The van der Waals surface area contributed by atoms with E-state index in [-0.39, 0.29) is 0 Å². The molecule has 0 aliphatic carbocycles. The molecular weight excluding hydrogens is 306 g/mol. The van der Waals surface area contributed by atoms with Crippen LogP contribution < -0.4 is 10.1 Å². The molecule has 0 radical (unpaired) electrons. The van der Waals surface area contributed by atoms with Crippen LogP contribution in [0.2, 0.25) is 0 Å². The Balaban J connectivity index is 2.36. The van der Waals surface area contributed by atoms with Crippen molar-refractivity contribution < 1.29 is 4.74 Å². The molecule has 0 amide bonds. The first-order valence-electron chi connectivity index (χ1n) is 5.84. The second-order valence-electron chi connectivity index (χ2n) is 3.73. The predicted octanol–water partition coefficient (Wildman–Crippen LogP) is 4.11. The van der Waals surface area contributed by atoms with Crippen molar-refractivity contribution in [2.75, 3.05) is 12.4 Å². The number of nitrogens with one attached hydrogen (secondary N) is 1. The second-order valence-corrected chi connectivity index (χ2v) is 4.52. The largest absolute Gasteiger partial charge is 0.437 e. The number of hydrogen-bond acceptors (Lipinski definition) is 4. The van der Waals surface area contributed by atoms with Gasteiger partial charge in [0.15, 0.2) is 0 Å². The molecule has 0 unspecified atom stereocenters. The Kier molecular flexibility index (Phi) is 4.52. The van der Waals surface area contributed by atoms with Gasteiger partial charge in [0.1, 0.15) is 22.4 Å². The molecular formula is C14H14BrN3O. The van der Waals surface area contributed by atoms with Gasteiger partial charge in [0, 0.05) is 12.6 Å². The SMILES string of the molecule is C/C=C/c1ccccc1Oc1ncnc(NC)c1Br. The van der Waals surface area contributed by atoms with Crippen molar-refractivity contribution in [1.82, 2.24) is 9.97 Å². The molecule has 0 aliphatic heterocycles. The Hall–Kier alpha value is -1.88. The fourth-order valence-electron chi connectivity index (χ4n) is 1.59. The quantitative estimate of drug-likeness (QED) is 0.921. The van der Waals surface area contributed by atoms with E-state index < -0.39 is 0 Å². The summed E-state index contributed by atoms with van der Waals surface area (Å²) in [5, 5.41) is 2.97. The lowest BCUT2D eigenvalue weighted by atomic mass is 10.2. The highest BCUT2D eigenvalue weighted by Crippen LogP contribution is 2.33. The van der Waals surface area contributed by atoms with Gasteiger partial charge in [-0.3, -0.25) is 0 Å². The highest BCUT2D eigenvalue weighted by atomic mass is 79.9. The lowest BCUT2D eigenvalue weighted by Crippen LogP contribution is -1.98. The molecule has 2 aromatic rings. The number of ether oxygens (including phenoxy) is 1. The third kappa shape index (κ3) is 3.12. The van der Waals surface area contributed by atoms with E-state index in [9.17, 15) is 0 Å². The lowest BCUT2D eigenvalue weighted by Gasteiger charge is -2.10. The maximum Gasteiger partial charge on any atom is 0.238 e. The van der Waals surface area contributed by atoms with Crippen molar-refractivity contribution in [2.24, 2.45) is 0 Å². The first-order valence-corrected chi connectivity index (χ1v) is 6.63. The van der Waals surface area contributed by atoms with Crippen LogP contribution in [-0.2, 0) is 0 Å². The Morgan fingerprint density at radius 3 is 2.79 bits per heavy atom. The highest BCUT2D eigenvalue weighted by Gasteiger charge is 2.10. The van der Waals surface area contributed by atoms with Gasteiger partial charge in [0.25, 0.3) is 0 Å². The van der Waals surface area contributed by atoms with Gasteiger partial charge in [-0.15, -0.1) is 0 Å². The van der Waals surface area contributed by atoms with Crippen LogP contribution >= 0.6 is 15.9 Å². The predicted molar refractivity (Wildman–Crippen MR) is 80.5 cm³/mol. The second kappa shape index (κ2) is 6.33. The molecule has 0 aliphatic rings. The van der Waals surface area contributed by atoms with E-state index in [0.29, 0.717) is 16.2 Å². The fraction of sp³-hybridized carbons (Fsp3) is 0.143. The normalized spacial score (nSPS) is 10.7. The minimum absolute atomic E-state index is 0.483. The number of nitrogens with zero attached hydrogens (tertiary/aromatic N) is 2. The fourth-order valence-corrected chi connectivity index (χ4v) is 2.08. The molecule has 4 nitrogen and oxygen atoms in total. The maximum atomic E-state index is 5.85. The Bertz CT molecular complexity index is 599. The molecule has 2 rings (SSSR count). The van der Waals surface area contributed by atoms with Gasteiger partial charge >= 0.3 is 0 Å². The number of halogens is 1. The van der Waals surface area contributed by atoms with Gasteiger partial charge < -0.3 is 10.1 Å². The third-order valence-electron chi connectivity index (χ3n) is 2.47. The van der Waals surface area contributed by atoms with E-state index in [2.05, 4.69) is 31.2 Å². The summed E-state index contributed by atoms with van der Waals surface area (Å²) in [5.41, 5.74) is 1.00. The molecule has 0 spiro atoms. The number of allylic oxidation sites excluding steroid dienone is 1. The van der Waals surface area contributed by atoms with E-state index in [0.717, 1.165) is 11.3 Å². The Morgan fingerprint density at radius 1 is 1.26 bits per heavy atom. The minimum atomic E-state index is 0.483. The van der Waals surface area contributed by atoms with Crippen molar-refractivity contribution in [3.05, 3.63) is 46.7 Å². The molecule has 5 heteroatoms. The molecule has 1 N–H and O–H groups in total. The summed E-state index contributed by atoms with van der Waals surface area (Å²) in [6.45, 7) is 1.97. The monoisotopic (exact) mass is 319 g/mol. The topological polar surface area (TPSA) is 47.0 Å². The smallest absolute Gasteiger partial charge is 0.238 e. The average molecular weight is 320 g/mol. The van der Waals surface area contributed by atoms with Crippen LogP contribution in [0.3, 0.4) is 0 Å². The van der Waals surface area contributed by atoms with Gasteiger partial charge in [0.05, 0.1) is 0 Å². The van der Waals surface area contributed by atoms with Crippen LogP contribution in [0.15, 0.2) is 41.1 Å². The molecule has 0 saturated heterocycles. The van der Waals surface area contributed by atoms with E-state index in [1.54, 1.807) is 7.05 Å². The van der Waals surface area contributed by atoms with Gasteiger partial charge in [-0.25, -0.2) is 9.97 Å². The molecule has 0 bridgehead atoms. The number of para-hydroxylation sites is 1. The summed E-state index contributed by atoms with van der Waals surface area (Å²) in [6, 6.07) is 7.79. The lowest BCUT2D eigenvalue weighted by molar-refractivity contribution is 0.457. The Morgan fingerprint density at radius 2 is 2.05 bits per heavy atom. The van der Waals surface area contributed by atoms with Crippen LogP contribution in [-0.4, -0.2) is 17.0 Å². The minimum Gasteiger partial charge on any atom is -0.437 e. The maximum absolute atomic E-state index is 5.85. The summed E-state index contributed by atoms with van der Waals surface area (Å²) in [4.78, 5) is 8.23. The number of anilines is 1. The third-order valence-corrected chi connectivity index (χ3v) is 3.18. The van der Waals surface area contributed by atoms with Crippen LogP contribution in [0, 0.1) is 0 Å². The first-order chi connectivity index (χ1) is 9.26. The number of benzene rings is 1. The summed E-state index contributed by atoms with van der Waals surface area (Å²) in [6.07, 6.45) is 5.42. The van der Waals surface area contributed by atoms with E-state index in [4.69, 9.17) is 4.74 Å². The summed E-state index contributed by atoms with van der Waals surface area (Å²) < 4.78 is 6.55. The van der Waals surface area contributed by atoms with Crippen LogP contribution in [0.5, 0.6) is 11.6 Å². The average Bonchev–Trinajstić information content (AvgIpc) is 2.43. The van der Waals surface area contributed by atoms with E-state index in [1.807, 2.05) is 43.3 Å². The first kappa shape index (κ1) is 13.5. The molecule has 1 aromatic heterocycles.